The molecule has 0 aromatic carbocycles. The van der Waals surface area contributed by atoms with E-state index in [2.05, 4.69) is 20.4 Å². The van der Waals surface area contributed by atoms with Gasteiger partial charge in [0.15, 0.2) is 0 Å². The van der Waals surface area contributed by atoms with E-state index in [0.29, 0.717) is 5.70 Å². The number of rotatable bonds is 5. The molecule has 1 aliphatic carbocycles. The fraction of sp³-hybridized carbons (Fsp3) is 0.667. The molecule has 1 saturated carbocycles. The van der Waals surface area contributed by atoms with Gasteiger partial charge in [-0.1, -0.05) is 26.5 Å². The summed E-state index contributed by atoms with van der Waals surface area (Å²) in [6, 6.07) is 0.0988. The van der Waals surface area contributed by atoms with E-state index < -0.39 is 5.97 Å². The minimum absolute atomic E-state index is 0.00434. The third kappa shape index (κ3) is 2.33. The molecule has 4 atom stereocenters. The van der Waals surface area contributed by atoms with Gasteiger partial charge in [-0.2, -0.15) is 0 Å². The maximum atomic E-state index is 12.6. The highest BCUT2D eigenvalue weighted by Gasteiger charge is 2.61. The second-order valence-corrected chi connectivity index (χ2v) is 6.92. The van der Waals surface area contributed by atoms with Crippen molar-refractivity contribution < 1.29 is 19.1 Å². The molecule has 126 valence electrons. The molecule has 0 bridgehead atoms. The molecule has 5 heteroatoms. The van der Waals surface area contributed by atoms with E-state index in [9.17, 15) is 9.59 Å². The van der Waals surface area contributed by atoms with Gasteiger partial charge in [-0.15, -0.1) is 0 Å². The van der Waals surface area contributed by atoms with Gasteiger partial charge < -0.3 is 14.4 Å². The molecule has 2 fully saturated rings. The SMILES string of the molecule is C=CCOC(=O)C1=C2[C@@H](OC)CCC[C@@H]2[C@@H]2[C@@H](C(C)C)C(=O)N12. The number of methoxy groups -OCH3 is 1. The van der Waals surface area contributed by atoms with Crippen molar-refractivity contribution in [3.8, 4) is 0 Å². The van der Waals surface area contributed by atoms with Gasteiger partial charge in [0.2, 0.25) is 5.91 Å². The molecular formula is C18H25NO4. The number of amides is 1. The summed E-state index contributed by atoms with van der Waals surface area (Å²) >= 11 is 0. The zero-order chi connectivity index (χ0) is 16.7. The van der Waals surface area contributed by atoms with Gasteiger partial charge in [-0.05, 0) is 30.8 Å². The number of hydrogen-bond donors (Lipinski definition) is 0. The van der Waals surface area contributed by atoms with Gasteiger partial charge in [0.1, 0.15) is 12.3 Å². The summed E-state index contributed by atoms with van der Waals surface area (Å²) in [6.07, 6.45) is 4.40. The molecule has 3 aliphatic rings. The molecule has 0 spiro atoms. The van der Waals surface area contributed by atoms with Crippen molar-refractivity contribution >= 4 is 11.9 Å². The Labute approximate surface area is 137 Å². The predicted octanol–water partition coefficient (Wildman–Crippen LogP) is 2.28. The largest absolute Gasteiger partial charge is 0.457 e. The van der Waals surface area contributed by atoms with Crippen LogP contribution in [0.5, 0.6) is 0 Å². The Bertz CT molecular complexity index is 565. The van der Waals surface area contributed by atoms with Crippen LogP contribution in [0.2, 0.25) is 0 Å². The number of carbonyl (C=O) groups is 2. The number of nitrogens with zero attached hydrogens (tertiary/aromatic N) is 1. The summed E-state index contributed by atoms with van der Waals surface area (Å²) in [5.41, 5.74) is 1.42. The molecular weight excluding hydrogens is 294 g/mol. The molecule has 0 radical (unpaired) electrons. The molecule has 3 rings (SSSR count). The highest BCUT2D eigenvalue weighted by Crippen LogP contribution is 2.53. The second-order valence-electron chi connectivity index (χ2n) is 6.92. The van der Waals surface area contributed by atoms with E-state index in [1.54, 1.807) is 12.0 Å². The van der Waals surface area contributed by atoms with E-state index in [1.165, 1.54) is 6.08 Å². The molecule has 5 nitrogen and oxygen atoms in total. The number of carbonyl (C=O) groups excluding carboxylic acids is 2. The smallest absolute Gasteiger partial charge is 0.355 e. The van der Waals surface area contributed by atoms with Gasteiger partial charge in [0.25, 0.3) is 0 Å². The van der Waals surface area contributed by atoms with Crippen molar-refractivity contribution in [2.75, 3.05) is 13.7 Å². The number of esters is 1. The third-order valence-electron chi connectivity index (χ3n) is 5.37. The highest BCUT2D eigenvalue weighted by atomic mass is 16.5. The molecule has 0 unspecified atom stereocenters. The molecule has 0 aromatic rings. The quantitative estimate of drug-likeness (QED) is 0.443. The van der Waals surface area contributed by atoms with Gasteiger partial charge in [-0.3, -0.25) is 4.79 Å². The Hall–Kier alpha value is -1.62. The van der Waals surface area contributed by atoms with Gasteiger partial charge in [0.05, 0.1) is 18.1 Å². The Morgan fingerprint density at radius 1 is 1.43 bits per heavy atom. The average molecular weight is 319 g/mol. The standard InChI is InChI=1S/C18H25NO4/c1-5-9-23-18(21)16-14-11(7-6-8-12(14)22-4)15-13(10(2)3)17(20)19(15)16/h5,10-13,15H,1,6-9H2,2-4H3/t11-,12-,13+,15+/m0/s1. The van der Waals surface area contributed by atoms with Crippen molar-refractivity contribution in [2.45, 2.75) is 45.3 Å². The van der Waals surface area contributed by atoms with Crippen LogP contribution in [-0.2, 0) is 19.1 Å². The molecule has 23 heavy (non-hydrogen) atoms. The molecule has 2 aliphatic heterocycles. The Kier molecular flexibility index (Phi) is 4.32. The van der Waals surface area contributed by atoms with Crippen molar-refractivity contribution in [2.24, 2.45) is 17.8 Å². The fourth-order valence-electron chi connectivity index (χ4n) is 4.46. The van der Waals surface area contributed by atoms with Gasteiger partial charge >= 0.3 is 5.97 Å². The lowest BCUT2D eigenvalue weighted by atomic mass is 9.70. The van der Waals surface area contributed by atoms with Crippen LogP contribution in [0.1, 0.15) is 33.1 Å². The highest BCUT2D eigenvalue weighted by molar-refractivity contribution is 6.00. The van der Waals surface area contributed by atoms with E-state index >= 15 is 0 Å². The van der Waals surface area contributed by atoms with Crippen LogP contribution < -0.4 is 0 Å². The Balaban J connectivity index is 1.99. The lowest BCUT2D eigenvalue weighted by Crippen LogP contribution is -2.62. The summed E-state index contributed by atoms with van der Waals surface area (Å²) in [5, 5.41) is 0. The van der Waals surface area contributed by atoms with E-state index in [-0.39, 0.29) is 42.4 Å². The number of ether oxygens (including phenoxy) is 2. The first-order valence-corrected chi connectivity index (χ1v) is 8.40. The minimum atomic E-state index is -0.424. The van der Waals surface area contributed by atoms with Crippen LogP contribution >= 0.6 is 0 Å². The van der Waals surface area contributed by atoms with Crippen molar-refractivity contribution in [1.29, 1.82) is 0 Å². The van der Waals surface area contributed by atoms with Gasteiger partial charge in [-0.25, -0.2) is 4.79 Å². The molecule has 2 heterocycles. The maximum Gasteiger partial charge on any atom is 0.355 e. The van der Waals surface area contributed by atoms with Gasteiger partial charge in [0, 0.05) is 13.0 Å². The van der Waals surface area contributed by atoms with E-state index in [1.807, 2.05) is 0 Å². The third-order valence-corrected chi connectivity index (χ3v) is 5.37. The van der Waals surface area contributed by atoms with Crippen LogP contribution in [0.15, 0.2) is 23.9 Å². The first-order valence-electron chi connectivity index (χ1n) is 8.40. The Morgan fingerprint density at radius 2 is 2.17 bits per heavy atom. The second kappa shape index (κ2) is 6.11. The topological polar surface area (TPSA) is 55.8 Å². The summed E-state index contributed by atoms with van der Waals surface area (Å²) in [5.74, 6) is 0.121. The minimum Gasteiger partial charge on any atom is -0.457 e. The predicted molar refractivity (Wildman–Crippen MR) is 85.3 cm³/mol. The fourth-order valence-corrected chi connectivity index (χ4v) is 4.46. The summed E-state index contributed by atoms with van der Waals surface area (Å²) in [7, 11) is 1.67. The summed E-state index contributed by atoms with van der Waals surface area (Å²) in [4.78, 5) is 26.9. The lowest BCUT2D eigenvalue weighted by Gasteiger charge is -2.48. The lowest BCUT2D eigenvalue weighted by molar-refractivity contribution is -0.160. The van der Waals surface area contributed by atoms with Crippen LogP contribution in [0.25, 0.3) is 0 Å². The molecule has 1 amide bonds. The first-order chi connectivity index (χ1) is 11.0. The molecule has 1 saturated heterocycles. The normalized spacial score (nSPS) is 32.5. The van der Waals surface area contributed by atoms with Crippen molar-refractivity contribution in [3.05, 3.63) is 23.9 Å². The van der Waals surface area contributed by atoms with Crippen LogP contribution in [0, 0.1) is 17.8 Å². The zero-order valence-corrected chi connectivity index (χ0v) is 14.1. The zero-order valence-electron chi connectivity index (χ0n) is 14.1. The molecule has 0 aromatic heterocycles. The van der Waals surface area contributed by atoms with E-state index in [4.69, 9.17) is 9.47 Å². The number of hydrogen-bond acceptors (Lipinski definition) is 4. The number of fused-ring (bicyclic) bond motifs is 3. The first kappa shape index (κ1) is 16.2. The van der Waals surface area contributed by atoms with Crippen molar-refractivity contribution in [3.63, 3.8) is 0 Å². The van der Waals surface area contributed by atoms with E-state index in [0.717, 1.165) is 24.8 Å². The maximum absolute atomic E-state index is 12.6. The number of β-lactam (4-membered cyclic amide) rings is 1. The van der Waals surface area contributed by atoms with Crippen LogP contribution in [0.3, 0.4) is 0 Å². The Morgan fingerprint density at radius 3 is 2.78 bits per heavy atom. The average Bonchev–Trinajstić information content (AvgIpc) is 2.82. The monoisotopic (exact) mass is 319 g/mol. The molecule has 0 N–H and O–H groups in total. The van der Waals surface area contributed by atoms with Crippen molar-refractivity contribution in [1.82, 2.24) is 4.90 Å². The van der Waals surface area contributed by atoms with Crippen LogP contribution in [-0.4, -0.2) is 42.6 Å². The summed E-state index contributed by atoms with van der Waals surface area (Å²) in [6.45, 7) is 7.87. The van der Waals surface area contributed by atoms with Crippen LogP contribution in [0.4, 0.5) is 0 Å². The summed E-state index contributed by atoms with van der Waals surface area (Å²) < 4.78 is 10.9.